The molecule has 0 unspecified atom stereocenters. The first kappa shape index (κ1) is 12.3. The summed E-state index contributed by atoms with van der Waals surface area (Å²) >= 11 is 1.62. The van der Waals surface area contributed by atoms with Gasteiger partial charge in [0.05, 0.1) is 5.56 Å². The van der Waals surface area contributed by atoms with Crippen molar-refractivity contribution in [3.8, 4) is 6.07 Å². The van der Waals surface area contributed by atoms with E-state index in [1.807, 2.05) is 23.8 Å². The van der Waals surface area contributed by atoms with Gasteiger partial charge in [0.15, 0.2) is 0 Å². The number of aromatic nitrogens is 1. The predicted molar refractivity (Wildman–Crippen MR) is 69.2 cm³/mol. The van der Waals surface area contributed by atoms with Gasteiger partial charge in [0, 0.05) is 12.7 Å². The normalized spacial score (nSPS) is 9.78. The maximum Gasteiger partial charge on any atom is 0.270 e. The van der Waals surface area contributed by atoms with Crippen molar-refractivity contribution in [2.45, 2.75) is 13.5 Å². The lowest BCUT2D eigenvalue weighted by molar-refractivity contribution is 0.0946. The average Bonchev–Trinajstić information content (AvgIpc) is 2.81. The molecule has 90 valence electrons. The summed E-state index contributed by atoms with van der Waals surface area (Å²) < 4.78 is 0. The van der Waals surface area contributed by atoms with E-state index in [4.69, 9.17) is 5.26 Å². The van der Waals surface area contributed by atoms with Crippen LogP contribution in [0.1, 0.15) is 27.2 Å². The van der Waals surface area contributed by atoms with Gasteiger partial charge in [0.2, 0.25) is 0 Å². The fraction of sp³-hybridized carbons (Fsp3) is 0.154. The van der Waals surface area contributed by atoms with Gasteiger partial charge in [-0.1, -0.05) is 0 Å². The van der Waals surface area contributed by atoms with Crippen LogP contribution < -0.4 is 5.32 Å². The number of nitrogens with one attached hydrogen (secondary N) is 1. The standard InChI is InChI=1S/C13H11N3OS/c1-9-7-18-8-11(9)6-16-13(17)12-3-2-10(4-14)5-15-12/h2-3,5,7-8H,6H2,1H3,(H,16,17). The first-order valence-electron chi connectivity index (χ1n) is 5.36. The van der Waals surface area contributed by atoms with Crippen molar-refractivity contribution < 1.29 is 4.79 Å². The van der Waals surface area contributed by atoms with Crippen LogP contribution in [0, 0.1) is 18.3 Å². The second-order valence-electron chi connectivity index (χ2n) is 3.81. The molecule has 0 saturated heterocycles. The molecule has 1 amide bonds. The van der Waals surface area contributed by atoms with E-state index in [2.05, 4.69) is 10.3 Å². The lowest BCUT2D eigenvalue weighted by atomic mass is 10.2. The third-order valence-corrected chi connectivity index (χ3v) is 3.44. The van der Waals surface area contributed by atoms with Gasteiger partial charge in [-0.3, -0.25) is 4.79 Å². The zero-order valence-corrected chi connectivity index (χ0v) is 10.6. The molecule has 0 saturated carbocycles. The number of amides is 1. The molecule has 2 aromatic heterocycles. The number of carbonyl (C=O) groups excluding carboxylic acids is 1. The quantitative estimate of drug-likeness (QED) is 0.917. The highest BCUT2D eigenvalue weighted by molar-refractivity contribution is 7.08. The van der Waals surface area contributed by atoms with Crippen molar-refractivity contribution in [3.63, 3.8) is 0 Å². The maximum atomic E-state index is 11.8. The number of aryl methyl sites for hydroxylation is 1. The summed E-state index contributed by atoms with van der Waals surface area (Å²) in [6.07, 6.45) is 1.39. The van der Waals surface area contributed by atoms with Crippen LogP contribution in [0.4, 0.5) is 0 Å². The Morgan fingerprint density at radius 1 is 1.50 bits per heavy atom. The zero-order valence-electron chi connectivity index (χ0n) is 9.80. The average molecular weight is 257 g/mol. The fourth-order valence-corrected chi connectivity index (χ4v) is 2.29. The van der Waals surface area contributed by atoms with E-state index in [1.165, 1.54) is 11.8 Å². The molecule has 0 spiro atoms. The molecule has 0 aliphatic heterocycles. The molecule has 0 radical (unpaired) electrons. The number of hydrogen-bond acceptors (Lipinski definition) is 4. The van der Waals surface area contributed by atoms with E-state index in [9.17, 15) is 4.79 Å². The maximum absolute atomic E-state index is 11.8. The van der Waals surface area contributed by atoms with E-state index in [0.717, 1.165) is 5.56 Å². The molecule has 2 aromatic rings. The molecule has 0 aromatic carbocycles. The lowest BCUT2D eigenvalue weighted by Crippen LogP contribution is -2.23. The van der Waals surface area contributed by atoms with Crippen LogP contribution in [-0.4, -0.2) is 10.9 Å². The van der Waals surface area contributed by atoms with Crippen LogP contribution in [0.3, 0.4) is 0 Å². The summed E-state index contributed by atoms with van der Waals surface area (Å²) in [7, 11) is 0. The summed E-state index contributed by atoms with van der Waals surface area (Å²) in [5, 5.41) is 15.5. The highest BCUT2D eigenvalue weighted by atomic mass is 32.1. The first-order valence-corrected chi connectivity index (χ1v) is 6.31. The molecular formula is C13H11N3OS. The minimum atomic E-state index is -0.231. The number of pyridine rings is 1. The SMILES string of the molecule is Cc1cscc1CNC(=O)c1ccc(C#N)cn1. The molecule has 0 fully saturated rings. The van der Waals surface area contributed by atoms with Gasteiger partial charge in [-0.25, -0.2) is 4.98 Å². The number of nitriles is 1. The Morgan fingerprint density at radius 2 is 2.33 bits per heavy atom. The molecule has 0 aliphatic rings. The third kappa shape index (κ3) is 2.73. The number of hydrogen-bond donors (Lipinski definition) is 1. The first-order chi connectivity index (χ1) is 8.70. The van der Waals surface area contributed by atoms with Crippen LogP contribution in [0.5, 0.6) is 0 Å². The highest BCUT2D eigenvalue weighted by Gasteiger charge is 2.07. The summed E-state index contributed by atoms with van der Waals surface area (Å²) in [4.78, 5) is 15.7. The zero-order chi connectivity index (χ0) is 13.0. The van der Waals surface area contributed by atoms with Crippen LogP contribution in [0.2, 0.25) is 0 Å². The van der Waals surface area contributed by atoms with Gasteiger partial charge < -0.3 is 5.32 Å². The monoisotopic (exact) mass is 257 g/mol. The van der Waals surface area contributed by atoms with E-state index in [-0.39, 0.29) is 5.91 Å². The van der Waals surface area contributed by atoms with Crippen LogP contribution >= 0.6 is 11.3 Å². The Labute approximate surface area is 109 Å². The molecule has 0 aliphatic carbocycles. The molecule has 1 N–H and O–H groups in total. The fourth-order valence-electron chi connectivity index (χ4n) is 1.43. The molecule has 2 heterocycles. The number of nitrogens with zero attached hydrogens (tertiary/aromatic N) is 2. The molecule has 5 heteroatoms. The summed E-state index contributed by atoms with van der Waals surface area (Å²) in [6.45, 7) is 2.51. The summed E-state index contributed by atoms with van der Waals surface area (Å²) in [5.41, 5.74) is 3.05. The second-order valence-corrected chi connectivity index (χ2v) is 4.55. The minimum absolute atomic E-state index is 0.231. The Morgan fingerprint density at radius 3 is 2.89 bits per heavy atom. The van der Waals surface area contributed by atoms with Gasteiger partial charge >= 0.3 is 0 Å². The Balaban J connectivity index is 2.00. The minimum Gasteiger partial charge on any atom is -0.347 e. The van der Waals surface area contributed by atoms with Crippen LogP contribution in [0.15, 0.2) is 29.1 Å². The van der Waals surface area contributed by atoms with Gasteiger partial charge in [-0.15, -0.1) is 0 Å². The molecule has 0 bridgehead atoms. The number of thiophene rings is 1. The van der Waals surface area contributed by atoms with E-state index < -0.39 is 0 Å². The number of rotatable bonds is 3. The largest absolute Gasteiger partial charge is 0.347 e. The lowest BCUT2D eigenvalue weighted by Gasteiger charge is -2.04. The van der Waals surface area contributed by atoms with Crippen molar-refractivity contribution >= 4 is 17.2 Å². The summed E-state index contributed by atoms with van der Waals surface area (Å²) in [6, 6.07) is 5.09. The molecule has 0 atom stereocenters. The summed E-state index contributed by atoms with van der Waals surface area (Å²) in [5.74, 6) is -0.231. The smallest absolute Gasteiger partial charge is 0.270 e. The topological polar surface area (TPSA) is 65.8 Å². The van der Waals surface area contributed by atoms with Crippen molar-refractivity contribution in [2.75, 3.05) is 0 Å². The van der Waals surface area contributed by atoms with Gasteiger partial charge in [-0.05, 0) is 40.9 Å². The van der Waals surface area contributed by atoms with Crippen molar-refractivity contribution in [3.05, 3.63) is 51.5 Å². The van der Waals surface area contributed by atoms with Crippen molar-refractivity contribution in [1.82, 2.24) is 10.3 Å². The molecule has 2 rings (SSSR count). The Kier molecular flexibility index (Phi) is 3.70. The molecule has 4 nitrogen and oxygen atoms in total. The Bertz CT molecular complexity index is 595. The molecular weight excluding hydrogens is 246 g/mol. The van der Waals surface area contributed by atoms with E-state index in [0.29, 0.717) is 17.8 Å². The van der Waals surface area contributed by atoms with Gasteiger partial charge in [0.25, 0.3) is 5.91 Å². The van der Waals surface area contributed by atoms with Crippen molar-refractivity contribution in [2.24, 2.45) is 0 Å². The highest BCUT2D eigenvalue weighted by Crippen LogP contribution is 2.13. The van der Waals surface area contributed by atoms with E-state index >= 15 is 0 Å². The predicted octanol–water partition coefficient (Wildman–Crippen LogP) is 2.25. The Hall–Kier alpha value is -2.19. The van der Waals surface area contributed by atoms with Gasteiger partial charge in [0.1, 0.15) is 11.8 Å². The van der Waals surface area contributed by atoms with Gasteiger partial charge in [-0.2, -0.15) is 16.6 Å². The number of carbonyl (C=O) groups is 1. The van der Waals surface area contributed by atoms with E-state index in [1.54, 1.807) is 23.5 Å². The van der Waals surface area contributed by atoms with Crippen LogP contribution in [-0.2, 0) is 6.54 Å². The molecule has 18 heavy (non-hydrogen) atoms. The third-order valence-electron chi connectivity index (χ3n) is 2.53. The second kappa shape index (κ2) is 5.43. The van der Waals surface area contributed by atoms with Crippen molar-refractivity contribution in [1.29, 1.82) is 5.26 Å². The van der Waals surface area contributed by atoms with Crippen LogP contribution in [0.25, 0.3) is 0 Å².